The molecule has 7 heteroatoms. The van der Waals surface area contributed by atoms with Crippen LogP contribution in [0.3, 0.4) is 0 Å². The fourth-order valence-corrected chi connectivity index (χ4v) is 3.46. The highest BCUT2D eigenvalue weighted by Crippen LogP contribution is 2.18. The third kappa shape index (κ3) is 3.06. The highest BCUT2D eigenvalue weighted by molar-refractivity contribution is 5.93. The normalized spacial score (nSPS) is 20.2. The Kier molecular flexibility index (Phi) is 4.38. The largest absolute Gasteiger partial charge is 0.346 e. The van der Waals surface area contributed by atoms with E-state index in [9.17, 15) is 4.79 Å². The lowest BCUT2D eigenvalue weighted by Crippen LogP contribution is -2.52. The molecule has 0 radical (unpaired) electrons. The lowest BCUT2D eigenvalue weighted by Gasteiger charge is -2.30. The Morgan fingerprint density at radius 2 is 2.23 bits per heavy atom. The Balaban J connectivity index is 1.59. The summed E-state index contributed by atoms with van der Waals surface area (Å²) in [4.78, 5) is 17.0. The Labute approximate surface area is 151 Å². The van der Waals surface area contributed by atoms with Crippen molar-refractivity contribution in [3.8, 4) is 5.69 Å². The van der Waals surface area contributed by atoms with Gasteiger partial charge in [0.1, 0.15) is 0 Å². The molecule has 2 aromatic heterocycles. The lowest BCUT2D eigenvalue weighted by molar-refractivity contribution is 0.0914. The summed E-state index contributed by atoms with van der Waals surface area (Å²) in [7, 11) is 0. The molecule has 0 saturated carbocycles. The second-order valence-corrected chi connectivity index (χ2v) is 6.78. The number of aromatic nitrogens is 4. The molecule has 2 unspecified atom stereocenters. The molecule has 1 amide bonds. The highest BCUT2D eigenvalue weighted by Gasteiger charge is 2.25. The van der Waals surface area contributed by atoms with Crippen LogP contribution in [-0.4, -0.2) is 44.5 Å². The van der Waals surface area contributed by atoms with E-state index in [-0.39, 0.29) is 18.0 Å². The van der Waals surface area contributed by atoms with Crippen LogP contribution in [0.5, 0.6) is 0 Å². The van der Waals surface area contributed by atoms with Gasteiger partial charge >= 0.3 is 0 Å². The van der Waals surface area contributed by atoms with Crippen molar-refractivity contribution in [1.82, 2.24) is 30.6 Å². The van der Waals surface area contributed by atoms with Crippen LogP contribution >= 0.6 is 0 Å². The number of hydrogen-bond donors (Lipinski definition) is 2. The number of carbonyl (C=O) groups is 1. The number of amides is 1. The van der Waals surface area contributed by atoms with Gasteiger partial charge in [0.2, 0.25) is 0 Å². The Morgan fingerprint density at radius 3 is 3.08 bits per heavy atom. The van der Waals surface area contributed by atoms with Crippen LogP contribution in [0.4, 0.5) is 0 Å². The van der Waals surface area contributed by atoms with Gasteiger partial charge in [0.15, 0.2) is 5.69 Å². The molecule has 1 aliphatic rings. The average molecular weight is 350 g/mol. The van der Waals surface area contributed by atoms with E-state index in [2.05, 4.69) is 32.9 Å². The molecule has 1 aromatic carbocycles. The number of nitrogens with one attached hydrogen (secondary N) is 2. The van der Waals surface area contributed by atoms with Crippen LogP contribution in [-0.2, 0) is 0 Å². The van der Waals surface area contributed by atoms with Gasteiger partial charge in [0.25, 0.3) is 5.91 Å². The Bertz CT molecular complexity index is 950. The lowest BCUT2D eigenvalue weighted by atomic mass is 10.00. The average Bonchev–Trinajstić information content (AvgIpc) is 3.05. The van der Waals surface area contributed by atoms with Gasteiger partial charge in [0.05, 0.1) is 16.9 Å². The first-order chi connectivity index (χ1) is 12.6. The number of carbonyl (C=O) groups excluding carboxylic acids is 1. The number of pyridine rings is 1. The number of benzene rings is 1. The maximum absolute atomic E-state index is 12.7. The third-order valence-corrected chi connectivity index (χ3v) is 5.02. The van der Waals surface area contributed by atoms with Crippen molar-refractivity contribution in [2.45, 2.75) is 38.8 Å². The summed E-state index contributed by atoms with van der Waals surface area (Å²) in [5, 5.41) is 15.8. The maximum Gasteiger partial charge on any atom is 0.274 e. The quantitative estimate of drug-likeness (QED) is 0.755. The summed E-state index contributed by atoms with van der Waals surface area (Å²) in [5.74, 6) is -0.170. The van der Waals surface area contributed by atoms with Gasteiger partial charge < -0.3 is 10.6 Å². The van der Waals surface area contributed by atoms with E-state index >= 15 is 0 Å². The number of hydrogen-bond acceptors (Lipinski definition) is 5. The number of rotatable bonds is 3. The van der Waals surface area contributed by atoms with Crippen LogP contribution in [0.2, 0.25) is 0 Å². The molecule has 1 fully saturated rings. The topological polar surface area (TPSA) is 84.7 Å². The predicted molar refractivity (Wildman–Crippen MR) is 99.3 cm³/mol. The molecule has 2 N–H and O–H groups in total. The number of fused-ring (bicyclic) bond motifs is 1. The fraction of sp³-hybridized carbons (Fsp3) is 0.368. The summed E-state index contributed by atoms with van der Waals surface area (Å²) >= 11 is 0. The van der Waals surface area contributed by atoms with Gasteiger partial charge in [-0.3, -0.25) is 9.78 Å². The summed E-state index contributed by atoms with van der Waals surface area (Å²) < 4.78 is 1.70. The first-order valence-corrected chi connectivity index (χ1v) is 8.95. The second kappa shape index (κ2) is 6.84. The van der Waals surface area contributed by atoms with Crippen LogP contribution in [0.25, 0.3) is 16.6 Å². The minimum Gasteiger partial charge on any atom is -0.346 e. The second-order valence-electron chi connectivity index (χ2n) is 6.78. The van der Waals surface area contributed by atoms with Crippen LogP contribution in [0.15, 0.2) is 36.5 Å². The van der Waals surface area contributed by atoms with Crippen molar-refractivity contribution >= 4 is 16.8 Å². The molecule has 26 heavy (non-hydrogen) atoms. The zero-order valence-electron chi connectivity index (χ0n) is 14.9. The van der Waals surface area contributed by atoms with Gasteiger partial charge in [-0.15, -0.1) is 5.10 Å². The van der Waals surface area contributed by atoms with Gasteiger partial charge in [-0.2, -0.15) is 0 Å². The molecule has 2 atom stereocenters. The molecular formula is C19H22N6O. The smallest absolute Gasteiger partial charge is 0.274 e. The van der Waals surface area contributed by atoms with E-state index in [0.29, 0.717) is 5.69 Å². The summed E-state index contributed by atoms with van der Waals surface area (Å²) in [6, 6.07) is 10.2. The molecule has 7 nitrogen and oxygen atoms in total. The fourth-order valence-electron chi connectivity index (χ4n) is 3.46. The first kappa shape index (κ1) is 16.7. The van der Waals surface area contributed by atoms with Crippen molar-refractivity contribution in [1.29, 1.82) is 0 Å². The van der Waals surface area contributed by atoms with E-state index in [0.717, 1.165) is 41.7 Å². The molecule has 3 heterocycles. The molecule has 0 spiro atoms. The summed E-state index contributed by atoms with van der Waals surface area (Å²) in [6.45, 7) is 4.96. The highest BCUT2D eigenvalue weighted by atomic mass is 16.2. The molecule has 1 aliphatic heterocycles. The van der Waals surface area contributed by atoms with Crippen LogP contribution < -0.4 is 10.6 Å². The van der Waals surface area contributed by atoms with Gasteiger partial charge in [0, 0.05) is 23.7 Å². The summed E-state index contributed by atoms with van der Waals surface area (Å²) in [5.41, 5.74) is 2.88. The van der Waals surface area contributed by atoms with Crippen molar-refractivity contribution in [2.24, 2.45) is 0 Å². The monoisotopic (exact) mass is 350 g/mol. The molecule has 134 valence electrons. The van der Waals surface area contributed by atoms with Crippen LogP contribution in [0.1, 0.15) is 35.9 Å². The van der Waals surface area contributed by atoms with Gasteiger partial charge in [-0.05, 0) is 57.5 Å². The summed E-state index contributed by atoms with van der Waals surface area (Å²) in [6.07, 6.45) is 3.81. The van der Waals surface area contributed by atoms with Gasteiger partial charge in [-0.1, -0.05) is 11.3 Å². The minimum atomic E-state index is -0.170. The zero-order chi connectivity index (χ0) is 18.1. The molecular weight excluding hydrogens is 328 g/mol. The molecule has 3 aromatic rings. The minimum absolute atomic E-state index is 0.118. The van der Waals surface area contributed by atoms with Crippen molar-refractivity contribution < 1.29 is 4.79 Å². The molecule has 0 bridgehead atoms. The molecule has 4 rings (SSSR count). The number of piperidine rings is 1. The third-order valence-electron chi connectivity index (χ3n) is 5.02. The van der Waals surface area contributed by atoms with E-state index in [1.165, 1.54) is 0 Å². The Morgan fingerprint density at radius 1 is 1.35 bits per heavy atom. The van der Waals surface area contributed by atoms with E-state index in [1.54, 1.807) is 10.9 Å². The van der Waals surface area contributed by atoms with Crippen molar-refractivity contribution in [3.63, 3.8) is 0 Å². The number of nitrogens with zero attached hydrogens (tertiary/aromatic N) is 4. The predicted octanol–water partition coefficient (Wildman–Crippen LogP) is 1.99. The van der Waals surface area contributed by atoms with Crippen molar-refractivity contribution in [2.75, 3.05) is 6.54 Å². The van der Waals surface area contributed by atoms with Gasteiger partial charge in [-0.25, -0.2) is 4.68 Å². The first-order valence-electron chi connectivity index (χ1n) is 8.95. The SMILES string of the molecule is Cc1c(C(=O)NC2CCCNC2C)nnn1-c1ccc2ncccc2c1. The van der Waals surface area contributed by atoms with Crippen molar-refractivity contribution in [3.05, 3.63) is 47.9 Å². The molecule has 1 saturated heterocycles. The maximum atomic E-state index is 12.7. The van der Waals surface area contributed by atoms with E-state index < -0.39 is 0 Å². The zero-order valence-corrected chi connectivity index (χ0v) is 14.9. The van der Waals surface area contributed by atoms with E-state index in [4.69, 9.17) is 0 Å². The standard InChI is InChI=1S/C19H22N6O/c1-12-16(6-4-9-20-12)22-19(26)18-13(2)25(24-23-18)15-7-8-17-14(11-15)5-3-10-21-17/h3,5,7-8,10-12,16,20H,4,6,9H2,1-2H3,(H,22,26). The van der Waals surface area contributed by atoms with E-state index in [1.807, 2.05) is 37.3 Å². The Hall–Kier alpha value is -2.80. The molecule has 0 aliphatic carbocycles. The van der Waals surface area contributed by atoms with Crippen LogP contribution in [0, 0.1) is 6.92 Å².